The Morgan fingerprint density at radius 2 is 1.83 bits per heavy atom. The molecule has 0 spiro atoms. The molecule has 0 aliphatic carbocycles. The van der Waals surface area contributed by atoms with Gasteiger partial charge in [-0.3, -0.25) is 9.78 Å². The van der Waals surface area contributed by atoms with Gasteiger partial charge in [0.1, 0.15) is 0 Å². The highest BCUT2D eigenvalue weighted by Crippen LogP contribution is 2.42. The molecule has 1 aromatic heterocycles. The summed E-state index contributed by atoms with van der Waals surface area (Å²) in [4.78, 5) is 17.2. The highest BCUT2D eigenvalue weighted by Gasteiger charge is 2.51. The average Bonchev–Trinajstić information content (AvgIpc) is 2.85. The molecule has 1 N–H and O–H groups in total. The second-order valence-electron chi connectivity index (χ2n) is 6.09. The Bertz CT molecular complexity index is 746. The van der Waals surface area contributed by atoms with Gasteiger partial charge in [0.05, 0.1) is 18.9 Å². The highest BCUT2D eigenvalue weighted by molar-refractivity contribution is 6.06. The maximum atomic E-state index is 13.2. The molecule has 6 heteroatoms. The lowest BCUT2D eigenvalue weighted by molar-refractivity contribution is -0.140. The van der Waals surface area contributed by atoms with Gasteiger partial charge in [-0.05, 0) is 23.8 Å². The standard InChI is InChI=1S/C18H19N3O3/c22-17-18(23,13-14-5-7-19-8-6-14)15-3-1-2-4-16(15)21(17)20-9-11-24-12-10-20/h1-8,23H,9-13H2. The fourth-order valence-corrected chi connectivity index (χ4v) is 3.41. The zero-order valence-corrected chi connectivity index (χ0v) is 13.3. The van der Waals surface area contributed by atoms with Crippen LogP contribution in [0.3, 0.4) is 0 Å². The number of hydrogen-bond acceptors (Lipinski definition) is 5. The van der Waals surface area contributed by atoms with Gasteiger partial charge in [-0.25, -0.2) is 10.0 Å². The summed E-state index contributed by atoms with van der Waals surface area (Å²) in [6.45, 7) is 2.42. The van der Waals surface area contributed by atoms with Gasteiger partial charge in [0.25, 0.3) is 5.91 Å². The molecule has 3 heterocycles. The molecule has 0 bridgehead atoms. The molecule has 4 rings (SSSR count). The van der Waals surface area contributed by atoms with Crippen LogP contribution in [0.15, 0.2) is 48.8 Å². The van der Waals surface area contributed by atoms with Gasteiger partial charge in [-0.15, -0.1) is 0 Å². The monoisotopic (exact) mass is 325 g/mol. The molecule has 124 valence electrons. The van der Waals surface area contributed by atoms with Crippen molar-refractivity contribution in [3.63, 3.8) is 0 Å². The predicted octanol–water partition coefficient (Wildman–Crippen LogP) is 1.11. The molecule has 1 amide bonds. The van der Waals surface area contributed by atoms with Crippen molar-refractivity contribution in [1.29, 1.82) is 0 Å². The molecule has 2 aliphatic rings. The van der Waals surface area contributed by atoms with E-state index in [2.05, 4.69) is 4.98 Å². The number of morpholine rings is 1. The quantitative estimate of drug-likeness (QED) is 0.916. The molecular weight excluding hydrogens is 306 g/mol. The van der Waals surface area contributed by atoms with Crippen LogP contribution in [0.4, 0.5) is 5.69 Å². The molecule has 1 unspecified atom stereocenters. The molecule has 1 fully saturated rings. The maximum Gasteiger partial charge on any atom is 0.278 e. The van der Waals surface area contributed by atoms with Gasteiger partial charge in [0.2, 0.25) is 0 Å². The summed E-state index contributed by atoms with van der Waals surface area (Å²) >= 11 is 0. The number of para-hydroxylation sites is 1. The fraction of sp³-hybridized carbons (Fsp3) is 0.333. The Kier molecular flexibility index (Phi) is 3.80. The highest BCUT2D eigenvalue weighted by atomic mass is 16.5. The number of hydrogen-bond donors (Lipinski definition) is 1. The first-order valence-electron chi connectivity index (χ1n) is 8.08. The molecule has 0 saturated carbocycles. The molecule has 1 aromatic carbocycles. The largest absolute Gasteiger partial charge is 0.379 e. The minimum absolute atomic E-state index is 0.228. The third-order valence-electron chi connectivity index (χ3n) is 4.60. The van der Waals surface area contributed by atoms with Crippen molar-refractivity contribution in [3.8, 4) is 0 Å². The first kappa shape index (κ1) is 15.3. The van der Waals surface area contributed by atoms with Crippen LogP contribution in [-0.2, 0) is 21.6 Å². The third-order valence-corrected chi connectivity index (χ3v) is 4.60. The van der Waals surface area contributed by atoms with Crippen LogP contribution in [0, 0.1) is 0 Å². The van der Waals surface area contributed by atoms with E-state index in [0.717, 1.165) is 11.3 Å². The number of anilines is 1. The van der Waals surface area contributed by atoms with Gasteiger partial charge >= 0.3 is 0 Å². The number of aromatic nitrogens is 1. The van der Waals surface area contributed by atoms with Crippen LogP contribution in [0.5, 0.6) is 0 Å². The van der Waals surface area contributed by atoms with Crippen molar-refractivity contribution in [2.45, 2.75) is 12.0 Å². The normalized spacial score (nSPS) is 24.2. The van der Waals surface area contributed by atoms with Crippen LogP contribution >= 0.6 is 0 Å². The number of pyridine rings is 1. The van der Waals surface area contributed by atoms with E-state index in [9.17, 15) is 9.90 Å². The van der Waals surface area contributed by atoms with E-state index >= 15 is 0 Å². The summed E-state index contributed by atoms with van der Waals surface area (Å²) in [6, 6.07) is 11.1. The number of carbonyl (C=O) groups excluding carboxylic acids is 1. The average molecular weight is 325 g/mol. The zero-order chi connectivity index (χ0) is 16.6. The Morgan fingerprint density at radius 1 is 1.12 bits per heavy atom. The van der Waals surface area contributed by atoms with Crippen molar-refractivity contribution in [3.05, 3.63) is 59.9 Å². The summed E-state index contributed by atoms with van der Waals surface area (Å²) in [5.74, 6) is -0.303. The fourth-order valence-electron chi connectivity index (χ4n) is 3.41. The van der Waals surface area contributed by atoms with Gasteiger partial charge in [0.15, 0.2) is 5.60 Å². The van der Waals surface area contributed by atoms with E-state index in [4.69, 9.17) is 4.74 Å². The summed E-state index contributed by atoms with van der Waals surface area (Å²) < 4.78 is 5.38. The first-order chi connectivity index (χ1) is 11.7. The topological polar surface area (TPSA) is 65.9 Å². The van der Waals surface area contributed by atoms with Gasteiger partial charge in [-0.1, -0.05) is 18.2 Å². The summed E-state index contributed by atoms with van der Waals surface area (Å²) in [7, 11) is 0. The smallest absolute Gasteiger partial charge is 0.278 e. The summed E-state index contributed by atoms with van der Waals surface area (Å²) in [6.07, 6.45) is 3.57. The Hall–Kier alpha value is -2.28. The number of benzene rings is 1. The molecular formula is C18H19N3O3. The molecule has 1 atom stereocenters. The number of amides is 1. The molecule has 2 aromatic rings. The van der Waals surface area contributed by atoms with Crippen molar-refractivity contribution in [2.24, 2.45) is 0 Å². The Labute approximate surface area is 140 Å². The molecule has 2 aliphatic heterocycles. The molecule has 0 radical (unpaired) electrons. The second kappa shape index (κ2) is 5.98. The summed E-state index contributed by atoms with van der Waals surface area (Å²) in [5, 5.41) is 14.9. The minimum atomic E-state index is -1.56. The lowest BCUT2D eigenvalue weighted by atomic mass is 9.89. The van der Waals surface area contributed by atoms with Gasteiger partial charge in [0, 0.05) is 37.5 Å². The van der Waals surface area contributed by atoms with Crippen molar-refractivity contribution >= 4 is 11.6 Å². The number of nitrogens with zero attached hydrogens (tertiary/aromatic N) is 3. The second-order valence-corrected chi connectivity index (χ2v) is 6.09. The number of hydrazine groups is 1. The molecule has 6 nitrogen and oxygen atoms in total. The van der Waals surface area contributed by atoms with E-state index in [1.807, 2.05) is 41.4 Å². The van der Waals surface area contributed by atoms with Crippen LogP contribution in [0.25, 0.3) is 0 Å². The van der Waals surface area contributed by atoms with Crippen LogP contribution in [0.2, 0.25) is 0 Å². The third kappa shape index (κ3) is 2.39. The lowest BCUT2D eigenvalue weighted by Gasteiger charge is -2.35. The zero-order valence-electron chi connectivity index (χ0n) is 13.3. The molecule has 24 heavy (non-hydrogen) atoms. The maximum absolute atomic E-state index is 13.2. The van der Waals surface area contributed by atoms with E-state index < -0.39 is 5.60 Å². The lowest BCUT2D eigenvalue weighted by Crippen LogP contribution is -2.54. The minimum Gasteiger partial charge on any atom is -0.379 e. The van der Waals surface area contributed by atoms with Gasteiger partial charge < -0.3 is 9.84 Å². The van der Waals surface area contributed by atoms with E-state index in [0.29, 0.717) is 31.9 Å². The van der Waals surface area contributed by atoms with Crippen molar-refractivity contribution in [2.75, 3.05) is 31.3 Å². The van der Waals surface area contributed by atoms with E-state index in [-0.39, 0.29) is 12.3 Å². The van der Waals surface area contributed by atoms with Gasteiger partial charge in [-0.2, -0.15) is 0 Å². The first-order valence-corrected chi connectivity index (χ1v) is 8.08. The van der Waals surface area contributed by atoms with E-state index in [1.165, 1.54) is 0 Å². The number of fused-ring (bicyclic) bond motifs is 1. The number of aliphatic hydroxyl groups is 1. The SMILES string of the molecule is O=C1N(N2CCOCC2)c2ccccc2C1(O)Cc1ccncc1. The van der Waals surface area contributed by atoms with Crippen LogP contribution in [-0.4, -0.2) is 47.3 Å². The number of carbonyl (C=O) groups is 1. The summed E-state index contributed by atoms with van der Waals surface area (Å²) in [5.41, 5.74) is 0.717. The number of ether oxygens (including phenoxy) is 1. The Morgan fingerprint density at radius 3 is 2.58 bits per heavy atom. The van der Waals surface area contributed by atoms with Crippen LogP contribution < -0.4 is 5.01 Å². The van der Waals surface area contributed by atoms with Crippen molar-refractivity contribution < 1.29 is 14.6 Å². The van der Waals surface area contributed by atoms with Crippen LogP contribution in [0.1, 0.15) is 11.1 Å². The predicted molar refractivity (Wildman–Crippen MR) is 88.2 cm³/mol. The van der Waals surface area contributed by atoms with E-state index in [1.54, 1.807) is 17.4 Å². The number of rotatable bonds is 3. The van der Waals surface area contributed by atoms with Crippen molar-refractivity contribution in [1.82, 2.24) is 9.99 Å². The molecule has 1 saturated heterocycles. The Balaban J connectivity index is 1.74.